The summed E-state index contributed by atoms with van der Waals surface area (Å²) in [5.41, 5.74) is -0.868. The molecule has 2 amide bonds. The molecule has 1 aromatic carbocycles. The second-order valence-electron chi connectivity index (χ2n) is 5.60. The molecule has 0 aliphatic carbocycles. The van der Waals surface area contributed by atoms with E-state index in [0.717, 1.165) is 6.07 Å². The second kappa shape index (κ2) is 6.60. The van der Waals surface area contributed by atoms with Crippen molar-refractivity contribution in [3.05, 3.63) is 35.4 Å². The zero-order valence-electron chi connectivity index (χ0n) is 13.1. The molecule has 1 heterocycles. The predicted molar refractivity (Wildman–Crippen MR) is 78.6 cm³/mol. The SMILES string of the molecule is CC[C@H]1C(=O)N(C)CCN1C(=O)Cc1ccccc1C(F)(F)F. The van der Waals surface area contributed by atoms with Gasteiger partial charge < -0.3 is 9.80 Å². The van der Waals surface area contributed by atoms with Crippen LogP contribution in [0.5, 0.6) is 0 Å². The summed E-state index contributed by atoms with van der Waals surface area (Å²) in [5, 5.41) is 0. The monoisotopic (exact) mass is 328 g/mol. The number of benzene rings is 1. The van der Waals surface area contributed by atoms with E-state index in [1.165, 1.54) is 23.1 Å². The molecule has 1 fully saturated rings. The van der Waals surface area contributed by atoms with Crippen LogP contribution in [0.3, 0.4) is 0 Å². The lowest BCUT2D eigenvalue weighted by Gasteiger charge is -2.39. The van der Waals surface area contributed by atoms with Crippen LogP contribution in [0, 0.1) is 0 Å². The summed E-state index contributed by atoms with van der Waals surface area (Å²) in [6.07, 6.45) is -4.42. The Morgan fingerprint density at radius 1 is 1.26 bits per heavy atom. The number of rotatable bonds is 3. The van der Waals surface area contributed by atoms with Gasteiger partial charge in [-0.05, 0) is 18.1 Å². The fourth-order valence-corrected chi connectivity index (χ4v) is 2.82. The van der Waals surface area contributed by atoms with Crippen LogP contribution in [0.1, 0.15) is 24.5 Å². The van der Waals surface area contributed by atoms with Crippen LogP contribution in [-0.4, -0.2) is 47.8 Å². The largest absolute Gasteiger partial charge is 0.416 e. The van der Waals surface area contributed by atoms with Gasteiger partial charge in [0.1, 0.15) is 6.04 Å². The van der Waals surface area contributed by atoms with Crippen molar-refractivity contribution in [1.82, 2.24) is 9.80 Å². The second-order valence-corrected chi connectivity index (χ2v) is 5.60. The minimum atomic E-state index is -4.50. The molecule has 0 spiro atoms. The number of amides is 2. The first-order valence-electron chi connectivity index (χ1n) is 7.45. The molecule has 0 saturated carbocycles. The van der Waals surface area contributed by atoms with Gasteiger partial charge in [-0.3, -0.25) is 9.59 Å². The smallest absolute Gasteiger partial charge is 0.342 e. The summed E-state index contributed by atoms with van der Waals surface area (Å²) in [5.74, 6) is -0.619. The molecule has 0 aromatic heterocycles. The van der Waals surface area contributed by atoms with Gasteiger partial charge in [-0.25, -0.2) is 0 Å². The molecular weight excluding hydrogens is 309 g/mol. The van der Waals surface area contributed by atoms with E-state index in [9.17, 15) is 22.8 Å². The zero-order chi connectivity index (χ0) is 17.2. The standard InChI is InChI=1S/C16H19F3N2O2/c1-3-13-15(23)20(2)8-9-21(13)14(22)10-11-6-4-5-7-12(11)16(17,18)19/h4-7,13H,3,8-10H2,1-2H3/t13-/m0/s1. The number of halogens is 3. The van der Waals surface area contributed by atoms with E-state index in [1.54, 1.807) is 18.9 Å². The molecule has 1 aliphatic heterocycles. The topological polar surface area (TPSA) is 40.6 Å². The van der Waals surface area contributed by atoms with Gasteiger partial charge in [0.15, 0.2) is 0 Å². The normalized spacial score (nSPS) is 19.2. The molecule has 7 heteroatoms. The van der Waals surface area contributed by atoms with Gasteiger partial charge in [0, 0.05) is 20.1 Å². The Hall–Kier alpha value is -2.05. The summed E-state index contributed by atoms with van der Waals surface area (Å²) >= 11 is 0. The maximum absolute atomic E-state index is 13.0. The van der Waals surface area contributed by atoms with Crippen molar-refractivity contribution >= 4 is 11.8 Å². The molecule has 2 rings (SSSR count). The summed E-state index contributed by atoms with van der Waals surface area (Å²) in [6, 6.07) is 4.45. The van der Waals surface area contributed by atoms with E-state index >= 15 is 0 Å². The van der Waals surface area contributed by atoms with Crippen molar-refractivity contribution in [2.45, 2.75) is 32.0 Å². The molecule has 23 heavy (non-hydrogen) atoms. The quantitative estimate of drug-likeness (QED) is 0.854. The molecular formula is C16H19F3N2O2. The van der Waals surface area contributed by atoms with Crippen molar-refractivity contribution < 1.29 is 22.8 Å². The summed E-state index contributed by atoms with van der Waals surface area (Å²) < 4.78 is 39.0. The fourth-order valence-electron chi connectivity index (χ4n) is 2.82. The molecule has 126 valence electrons. The highest BCUT2D eigenvalue weighted by atomic mass is 19.4. The number of hydrogen-bond donors (Lipinski definition) is 0. The zero-order valence-corrected chi connectivity index (χ0v) is 13.1. The van der Waals surface area contributed by atoms with Crippen LogP contribution in [0.15, 0.2) is 24.3 Å². The third-order valence-corrected chi connectivity index (χ3v) is 4.09. The predicted octanol–water partition coefficient (Wildman–Crippen LogP) is 2.33. The molecule has 0 N–H and O–H groups in total. The van der Waals surface area contributed by atoms with Crippen molar-refractivity contribution in [1.29, 1.82) is 0 Å². The number of hydrogen-bond acceptors (Lipinski definition) is 2. The van der Waals surface area contributed by atoms with Gasteiger partial charge in [-0.1, -0.05) is 25.1 Å². The maximum Gasteiger partial charge on any atom is 0.416 e. The number of alkyl halides is 3. The number of carbonyl (C=O) groups is 2. The van der Waals surface area contributed by atoms with Crippen molar-refractivity contribution in [3.63, 3.8) is 0 Å². The molecule has 1 atom stereocenters. The Balaban J connectivity index is 2.21. The van der Waals surface area contributed by atoms with E-state index in [-0.39, 0.29) is 17.9 Å². The fraction of sp³-hybridized carbons (Fsp3) is 0.500. The molecule has 4 nitrogen and oxygen atoms in total. The van der Waals surface area contributed by atoms with E-state index in [4.69, 9.17) is 0 Å². The van der Waals surface area contributed by atoms with Crippen LogP contribution in [0.2, 0.25) is 0 Å². The molecule has 0 radical (unpaired) electrons. The van der Waals surface area contributed by atoms with Crippen LogP contribution >= 0.6 is 0 Å². The third kappa shape index (κ3) is 3.65. The molecule has 1 aliphatic rings. The van der Waals surface area contributed by atoms with Crippen molar-refractivity contribution in [2.24, 2.45) is 0 Å². The van der Waals surface area contributed by atoms with Crippen LogP contribution in [-0.2, 0) is 22.2 Å². The van der Waals surface area contributed by atoms with Gasteiger partial charge in [-0.2, -0.15) is 13.2 Å². The first-order chi connectivity index (χ1) is 10.8. The molecule has 0 unspecified atom stereocenters. The maximum atomic E-state index is 13.0. The first kappa shape index (κ1) is 17.3. The number of likely N-dealkylation sites (N-methyl/N-ethyl adjacent to an activating group) is 1. The summed E-state index contributed by atoms with van der Waals surface area (Å²) in [4.78, 5) is 27.5. The Kier molecular flexibility index (Phi) is 4.97. The van der Waals surface area contributed by atoms with E-state index in [2.05, 4.69) is 0 Å². The Morgan fingerprint density at radius 3 is 2.52 bits per heavy atom. The third-order valence-electron chi connectivity index (χ3n) is 4.09. The molecule has 0 bridgehead atoms. The van der Waals surface area contributed by atoms with Crippen LogP contribution < -0.4 is 0 Å². The lowest BCUT2D eigenvalue weighted by molar-refractivity contribution is -0.150. The average Bonchev–Trinajstić information content (AvgIpc) is 2.49. The van der Waals surface area contributed by atoms with Gasteiger partial charge in [0.05, 0.1) is 12.0 Å². The summed E-state index contributed by atoms with van der Waals surface area (Å²) in [6.45, 7) is 2.52. The van der Waals surface area contributed by atoms with Crippen molar-refractivity contribution in [3.8, 4) is 0 Å². The first-order valence-corrected chi connectivity index (χ1v) is 7.45. The number of carbonyl (C=O) groups excluding carboxylic acids is 2. The van der Waals surface area contributed by atoms with E-state index in [1.807, 2.05) is 0 Å². The molecule has 1 saturated heterocycles. The summed E-state index contributed by atoms with van der Waals surface area (Å²) in [7, 11) is 1.66. The Bertz CT molecular complexity index is 601. The minimum absolute atomic E-state index is 0.0637. The highest BCUT2D eigenvalue weighted by Crippen LogP contribution is 2.32. The van der Waals surface area contributed by atoms with Crippen LogP contribution in [0.4, 0.5) is 13.2 Å². The lowest BCUT2D eigenvalue weighted by atomic mass is 10.0. The minimum Gasteiger partial charge on any atom is -0.342 e. The van der Waals surface area contributed by atoms with Gasteiger partial charge in [0.2, 0.25) is 11.8 Å². The lowest BCUT2D eigenvalue weighted by Crippen LogP contribution is -2.57. The van der Waals surface area contributed by atoms with Gasteiger partial charge in [-0.15, -0.1) is 0 Å². The number of nitrogens with zero attached hydrogens (tertiary/aromatic N) is 2. The van der Waals surface area contributed by atoms with E-state index in [0.29, 0.717) is 19.5 Å². The van der Waals surface area contributed by atoms with Crippen molar-refractivity contribution in [2.75, 3.05) is 20.1 Å². The van der Waals surface area contributed by atoms with Crippen LogP contribution in [0.25, 0.3) is 0 Å². The Labute approximate surface area is 132 Å². The number of piperazine rings is 1. The molecule has 1 aromatic rings. The highest BCUT2D eigenvalue weighted by Gasteiger charge is 2.37. The Morgan fingerprint density at radius 2 is 1.91 bits per heavy atom. The van der Waals surface area contributed by atoms with E-state index < -0.39 is 23.7 Å². The van der Waals surface area contributed by atoms with Gasteiger partial charge >= 0.3 is 6.18 Å². The average molecular weight is 328 g/mol. The van der Waals surface area contributed by atoms with Gasteiger partial charge in [0.25, 0.3) is 0 Å². The highest BCUT2D eigenvalue weighted by molar-refractivity contribution is 5.89.